The van der Waals surface area contributed by atoms with E-state index in [2.05, 4.69) is 0 Å². The van der Waals surface area contributed by atoms with Gasteiger partial charge in [0.2, 0.25) is 0 Å². The molecule has 0 aromatic carbocycles. The lowest BCUT2D eigenvalue weighted by Gasteiger charge is -2.32. The fourth-order valence-electron chi connectivity index (χ4n) is 3.82. The maximum atomic E-state index is 12.9. The van der Waals surface area contributed by atoms with Crippen molar-refractivity contribution in [3.05, 3.63) is 35.3 Å². The van der Waals surface area contributed by atoms with Crippen molar-refractivity contribution in [2.24, 2.45) is 5.92 Å². The van der Waals surface area contributed by atoms with E-state index >= 15 is 0 Å². The molecule has 1 aliphatic carbocycles. The number of carbonyl (C=O) groups excluding carboxylic acids is 2. The summed E-state index contributed by atoms with van der Waals surface area (Å²) in [7, 11) is 1.34. The summed E-state index contributed by atoms with van der Waals surface area (Å²) < 4.78 is 5.43. The first kappa shape index (κ1) is 14.8. The number of likely N-dealkylation sites (tertiary alicyclic amines) is 1. The summed E-state index contributed by atoms with van der Waals surface area (Å²) in [5, 5.41) is 11.9. The molecule has 1 saturated carbocycles. The molecule has 1 aromatic rings. The predicted molar refractivity (Wildman–Crippen MR) is 77.7 cm³/mol. The van der Waals surface area contributed by atoms with Crippen LogP contribution in [0, 0.1) is 11.1 Å². The highest BCUT2D eigenvalue weighted by Gasteiger charge is 2.49. The van der Waals surface area contributed by atoms with E-state index in [-0.39, 0.29) is 17.6 Å². The van der Waals surface area contributed by atoms with Crippen LogP contribution in [0.2, 0.25) is 0 Å². The third-order valence-corrected chi connectivity index (χ3v) is 4.84. The number of amides is 1. The molecule has 3 atom stereocenters. The van der Waals surface area contributed by atoms with Crippen molar-refractivity contribution in [3.63, 3.8) is 0 Å². The minimum Gasteiger partial charge on any atom is -0.618 e. The first-order chi connectivity index (χ1) is 10.6. The van der Waals surface area contributed by atoms with Crippen LogP contribution in [0.25, 0.3) is 0 Å². The summed E-state index contributed by atoms with van der Waals surface area (Å²) in [5.74, 6) is -0.442. The molecule has 1 saturated heterocycles. The third kappa shape index (κ3) is 2.42. The molecule has 22 heavy (non-hydrogen) atoms. The normalized spacial score (nSPS) is 27.3. The number of hydrogen-bond acceptors (Lipinski definition) is 4. The quantitative estimate of drug-likeness (QED) is 0.468. The Labute approximate surface area is 129 Å². The number of pyridine rings is 1. The molecule has 1 amide bonds. The van der Waals surface area contributed by atoms with Crippen molar-refractivity contribution in [2.75, 3.05) is 7.11 Å². The number of aromatic nitrogens is 1. The molecule has 3 rings (SSSR count). The smallest absolute Gasteiger partial charge is 0.328 e. The highest BCUT2D eigenvalue weighted by molar-refractivity contribution is 5.95. The number of nitrogens with zero attached hydrogens (tertiary/aromatic N) is 2. The molecule has 2 fully saturated rings. The SMILES string of the molecule is COC(=O)[C@@H]1C[C@@H]2CCCC[C@@H]2N1C(=O)c1cccc[n+]1[O-]. The first-order valence-electron chi connectivity index (χ1n) is 7.72. The Morgan fingerprint density at radius 3 is 2.82 bits per heavy atom. The zero-order valence-corrected chi connectivity index (χ0v) is 12.6. The van der Waals surface area contributed by atoms with Gasteiger partial charge in [0.1, 0.15) is 6.04 Å². The van der Waals surface area contributed by atoms with Crippen LogP contribution in [-0.4, -0.2) is 36.0 Å². The van der Waals surface area contributed by atoms with Gasteiger partial charge in [-0.2, -0.15) is 4.73 Å². The molecule has 118 valence electrons. The standard InChI is InChI=1S/C16H20N2O4/c1-22-16(20)14-10-11-6-2-3-7-12(11)18(14)15(19)13-8-4-5-9-17(13)21/h4-5,8-9,11-12,14H,2-3,6-7,10H2,1H3/t11-,12-,14-/m0/s1. The summed E-state index contributed by atoms with van der Waals surface area (Å²) >= 11 is 0. The number of esters is 1. The second-order valence-electron chi connectivity index (χ2n) is 6.01. The Kier molecular flexibility index (Phi) is 4.00. The third-order valence-electron chi connectivity index (χ3n) is 4.84. The van der Waals surface area contributed by atoms with Gasteiger partial charge in [0.25, 0.3) is 5.69 Å². The van der Waals surface area contributed by atoms with E-state index in [0.29, 0.717) is 17.1 Å². The van der Waals surface area contributed by atoms with Gasteiger partial charge in [-0.25, -0.2) is 4.79 Å². The average Bonchev–Trinajstić information content (AvgIpc) is 2.93. The summed E-state index contributed by atoms with van der Waals surface area (Å²) in [6, 6.07) is 4.19. The molecule has 0 unspecified atom stereocenters. The fourth-order valence-corrected chi connectivity index (χ4v) is 3.82. The molecular formula is C16H20N2O4. The van der Waals surface area contributed by atoms with E-state index in [0.717, 1.165) is 25.7 Å². The van der Waals surface area contributed by atoms with Crippen molar-refractivity contribution in [3.8, 4) is 0 Å². The maximum absolute atomic E-state index is 12.9. The summed E-state index contributed by atoms with van der Waals surface area (Å²) in [6.45, 7) is 0. The van der Waals surface area contributed by atoms with E-state index in [1.807, 2.05) is 0 Å². The Morgan fingerprint density at radius 1 is 1.32 bits per heavy atom. The van der Waals surface area contributed by atoms with Crippen molar-refractivity contribution < 1.29 is 19.1 Å². The van der Waals surface area contributed by atoms with Gasteiger partial charge in [-0.1, -0.05) is 12.8 Å². The summed E-state index contributed by atoms with van der Waals surface area (Å²) in [5.41, 5.74) is 0.0580. The number of rotatable bonds is 2. The summed E-state index contributed by atoms with van der Waals surface area (Å²) in [6.07, 6.45) is 6.02. The van der Waals surface area contributed by atoms with Crippen LogP contribution in [-0.2, 0) is 9.53 Å². The number of fused-ring (bicyclic) bond motifs is 1. The molecule has 6 heteroatoms. The Bertz CT molecular complexity index is 589. The van der Waals surface area contributed by atoms with Gasteiger partial charge < -0.3 is 14.8 Å². The van der Waals surface area contributed by atoms with Crippen LogP contribution < -0.4 is 4.73 Å². The van der Waals surface area contributed by atoms with Gasteiger partial charge in [-0.3, -0.25) is 4.79 Å². The van der Waals surface area contributed by atoms with Crippen LogP contribution in [0.5, 0.6) is 0 Å². The first-order valence-corrected chi connectivity index (χ1v) is 7.72. The van der Waals surface area contributed by atoms with Gasteiger partial charge in [-0.05, 0) is 31.2 Å². The Hall–Kier alpha value is -2.11. The topological polar surface area (TPSA) is 73.5 Å². The van der Waals surface area contributed by atoms with E-state index < -0.39 is 12.0 Å². The number of ether oxygens (including phenoxy) is 1. The van der Waals surface area contributed by atoms with E-state index in [1.54, 1.807) is 17.0 Å². The molecule has 1 aromatic heterocycles. The molecule has 0 spiro atoms. The second kappa shape index (κ2) is 5.94. The van der Waals surface area contributed by atoms with Crippen LogP contribution in [0.15, 0.2) is 24.4 Å². The van der Waals surface area contributed by atoms with Crippen LogP contribution in [0.3, 0.4) is 0 Å². The molecule has 1 aliphatic heterocycles. The van der Waals surface area contributed by atoms with Crippen molar-refractivity contribution in [2.45, 2.75) is 44.2 Å². The predicted octanol–water partition coefficient (Wildman–Crippen LogP) is 1.27. The molecular weight excluding hydrogens is 284 g/mol. The largest absolute Gasteiger partial charge is 0.618 e. The number of carbonyl (C=O) groups is 2. The van der Waals surface area contributed by atoms with Crippen molar-refractivity contribution >= 4 is 11.9 Å². The zero-order chi connectivity index (χ0) is 15.7. The lowest BCUT2D eigenvalue weighted by atomic mass is 9.84. The average molecular weight is 304 g/mol. The van der Waals surface area contributed by atoms with Gasteiger partial charge in [0.15, 0.2) is 6.20 Å². The fraction of sp³-hybridized carbons (Fsp3) is 0.562. The van der Waals surface area contributed by atoms with E-state index in [4.69, 9.17) is 4.74 Å². The van der Waals surface area contributed by atoms with Gasteiger partial charge in [0.05, 0.1) is 7.11 Å². The van der Waals surface area contributed by atoms with Crippen molar-refractivity contribution in [1.29, 1.82) is 0 Å². The van der Waals surface area contributed by atoms with E-state index in [1.165, 1.54) is 19.4 Å². The van der Waals surface area contributed by atoms with Crippen molar-refractivity contribution in [1.82, 2.24) is 4.90 Å². The Morgan fingerprint density at radius 2 is 2.09 bits per heavy atom. The van der Waals surface area contributed by atoms with Crippen LogP contribution in [0.4, 0.5) is 0 Å². The highest BCUT2D eigenvalue weighted by Crippen LogP contribution is 2.40. The molecule has 0 radical (unpaired) electrons. The molecule has 0 N–H and O–H groups in total. The lowest BCUT2D eigenvalue weighted by molar-refractivity contribution is -0.608. The molecule has 0 bridgehead atoms. The van der Waals surface area contributed by atoms with Gasteiger partial charge in [0, 0.05) is 18.2 Å². The minimum atomic E-state index is -0.578. The highest BCUT2D eigenvalue weighted by atomic mass is 16.5. The molecule has 6 nitrogen and oxygen atoms in total. The maximum Gasteiger partial charge on any atom is 0.328 e. The second-order valence-corrected chi connectivity index (χ2v) is 6.01. The number of methoxy groups -OCH3 is 1. The molecule has 2 aliphatic rings. The lowest BCUT2D eigenvalue weighted by Crippen LogP contribution is -2.50. The van der Waals surface area contributed by atoms with Gasteiger partial charge >= 0.3 is 11.9 Å². The van der Waals surface area contributed by atoms with Crippen LogP contribution in [0.1, 0.15) is 42.6 Å². The Balaban J connectivity index is 1.95. The van der Waals surface area contributed by atoms with Gasteiger partial charge in [-0.15, -0.1) is 0 Å². The zero-order valence-electron chi connectivity index (χ0n) is 12.6. The minimum absolute atomic E-state index is 0.0329. The summed E-state index contributed by atoms with van der Waals surface area (Å²) in [4.78, 5) is 26.5. The number of hydrogen-bond donors (Lipinski definition) is 0. The monoisotopic (exact) mass is 304 g/mol. The molecule has 2 heterocycles. The van der Waals surface area contributed by atoms with E-state index in [9.17, 15) is 14.8 Å². The van der Waals surface area contributed by atoms with Crippen LogP contribution >= 0.6 is 0 Å².